The minimum absolute atomic E-state index is 0. The van der Waals surface area contributed by atoms with Crippen LogP contribution in [0.2, 0.25) is 0 Å². The molecule has 7 heteroatoms. The maximum absolute atomic E-state index is 10.3. The Bertz CT molecular complexity index is 924. The first-order chi connectivity index (χ1) is 39.6. The van der Waals surface area contributed by atoms with Crippen LogP contribution in [0.1, 0.15) is 476 Å². The van der Waals surface area contributed by atoms with E-state index in [0.717, 1.165) is 19.3 Å². The molecule has 0 saturated carbocycles. The maximum atomic E-state index is 10.3. The Balaban J connectivity index is -0.000000111. The van der Waals surface area contributed by atoms with Crippen LogP contribution in [0, 0.1) is 6.92 Å². The van der Waals surface area contributed by atoms with Gasteiger partial charge in [0.1, 0.15) is 0 Å². The zero-order valence-electron chi connectivity index (χ0n) is 60.4. The van der Waals surface area contributed by atoms with Gasteiger partial charge in [-0.1, -0.05) is 457 Å². The van der Waals surface area contributed by atoms with E-state index < -0.39 is 0 Å². The molecule has 0 bridgehead atoms. The number of halogens is 2. The summed E-state index contributed by atoms with van der Waals surface area (Å²) in [7, 11) is 0. The van der Waals surface area contributed by atoms with Gasteiger partial charge in [0.2, 0.25) is 0 Å². The fourth-order valence-corrected chi connectivity index (χ4v) is 11.7. The summed E-state index contributed by atoms with van der Waals surface area (Å²) in [6.45, 7) is 15.7. The topological polar surface area (TPSA) is 46.5 Å². The van der Waals surface area contributed by atoms with Crippen LogP contribution < -0.4 is 17.0 Å². The van der Waals surface area contributed by atoms with E-state index in [9.17, 15) is 9.90 Å². The van der Waals surface area contributed by atoms with Crippen molar-refractivity contribution in [3.05, 3.63) is 6.92 Å². The molecule has 1 N–H and O–H groups in total. The van der Waals surface area contributed by atoms with Gasteiger partial charge in [-0.15, -0.1) is 0 Å². The number of hydrogen-bond donors (Lipinski definition) is 1. The van der Waals surface area contributed by atoms with E-state index in [1.54, 1.807) is 6.92 Å². The second-order valence-corrected chi connectivity index (χ2v) is 26.0. The molecule has 3 nitrogen and oxygen atoms in total. The van der Waals surface area contributed by atoms with Gasteiger partial charge in [0, 0.05) is 5.33 Å². The van der Waals surface area contributed by atoms with Crippen molar-refractivity contribution in [2.45, 2.75) is 479 Å². The molecule has 0 aliphatic carbocycles. The van der Waals surface area contributed by atoms with E-state index >= 15 is 0 Å². The van der Waals surface area contributed by atoms with Crippen molar-refractivity contribution in [1.82, 2.24) is 0 Å². The third-order valence-electron chi connectivity index (χ3n) is 16.9. The van der Waals surface area contributed by atoms with Crippen molar-refractivity contribution in [3.8, 4) is 0 Å². The van der Waals surface area contributed by atoms with Crippen LogP contribution in [0.5, 0.6) is 0 Å². The predicted octanol–water partition coefficient (Wildman–Crippen LogP) is 26.3. The molecule has 0 heterocycles. The smallest absolute Gasteiger partial charge is 1.00 e. The van der Waals surface area contributed by atoms with Crippen LogP contribution in [-0.2, 0) is 9.53 Å². The Labute approximate surface area is 596 Å². The average Bonchev–Trinajstić information content (AvgIpc) is 3.47. The minimum Gasteiger partial charge on any atom is -1.00 e. The number of rotatable bonds is 67. The van der Waals surface area contributed by atoms with E-state index in [2.05, 4.69) is 55.3 Å². The Kier molecular flexibility index (Phi) is 137. The van der Waals surface area contributed by atoms with Gasteiger partial charge in [0.25, 0.3) is 6.47 Å². The molecule has 0 saturated heterocycles. The molecule has 0 aliphatic rings. The molecular weight excluding hydrogens is 1190 g/mol. The molecule has 0 fully saturated rings. The minimum atomic E-state index is -0.0340. The molecule has 0 aromatic rings. The molecule has 0 rings (SSSR count). The van der Waals surface area contributed by atoms with Crippen LogP contribution >= 0.6 is 15.9 Å². The van der Waals surface area contributed by atoms with Gasteiger partial charge >= 0.3 is 46.1 Å². The Morgan fingerprint density at radius 3 is 0.600 bits per heavy atom. The number of unbranched alkanes of at least 4 members (excludes halogenated alkanes) is 60. The fourth-order valence-electron chi connectivity index (χ4n) is 11.3. The third kappa shape index (κ3) is 120. The fraction of sp³-hybridized carbons (Fsp3) is 0.974. The second kappa shape index (κ2) is 110. The van der Waals surface area contributed by atoms with Gasteiger partial charge in [0.05, 0.1) is 12.7 Å². The largest absolute Gasteiger partial charge is 2.00 e. The summed E-state index contributed by atoms with van der Waals surface area (Å²) >= 11 is 3.49. The molecule has 85 heavy (non-hydrogen) atoms. The van der Waals surface area contributed by atoms with Crippen LogP contribution in [0.25, 0.3) is 0 Å². The number of ether oxygens (including phenoxy) is 1. The van der Waals surface area contributed by atoms with Crippen LogP contribution in [0.3, 0.4) is 0 Å². The van der Waals surface area contributed by atoms with Crippen LogP contribution in [-0.4, -0.2) is 75.7 Å². The summed E-state index contributed by atoms with van der Waals surface area (Å²) in [5.74, 6) is 0. The average molecular weight is 1360 g/mol. The van der Waals surface area contributed by atoms with Gasteiger partial charge in [0.15, 0.2) is 0 Å². The Morgan fingerprint density at radius 2 is 0.471 bits per heavy atom. The van der Waals surface area contributed by atoms with Crippen LogP contribution in [0.15, 0.2) is 0 Å². The number of hydrogen-bond acceptors (Lipinski definition) is 3. The zero-order valence-corrected chi connectivity index (χ0v) is 64.4. The molecule has 0 spiro atoms. The first-order valence-electron chi connectivity index (χ1n) is 37.6. The van der Waals surface area contributed by atoms with Gasteiger partial charge < -0.3 is 36.6 Å². The molecule has 0 radical (unpaired) electrons. The van der Waals surface area contributed by atoms with E-state index in [0.29, 0.717) is 13.1 Å². The Morgan fingerprint density at radius 1 is 0.318 bits per heavy atom. The monoisotopic (exact) mass is 1360 g/mol. The molecule has 0 atom stereocenters. The zero-order chi connectivity index (χ0) is 59.1. The van der Waals surface area contributed by atoms with Crippen LogP contribution in [0.4, 0.5) is 0 Å². The number of carbonyl (C=O) groups is 1. The number of aliphatic hydroxyl groups is 1. The summed E-state index contributed by atoms with van der Waals surface area (Å²) in [5, 5.41) is 11.5. The summed E-state index contributed by atoms with van der Waals surface area (Å²) in [4.78, 5) is 9.18. The van der Waals surface area contributed by atoms with Gasteiger partial charge in [-0.25, -0.2) is 0 Å². The normalized spacial score (nSPS) is 10.4. The summed E-state index contributed by atoms with van der Waals surface area (Å²) in [6, 6.07) is 0. The molecule has 0 amide bonds. The van der Waals surface area contributed by atoms with Crippen molar-refractivity contribution < 1.29 is 34.5 Å². The molecule has 0 aliphatic heterocycles. The second-order valence-electron chi connectivity index (χ2n) is 25.2. The third-order valence-corrected chi connectivity index (χ3v) is 17.4. The van der Waals surface area contributed by atoms with Crippen molar-refractivity contribution in [2.24, 2.45) is 0 Å². The summed E-state index contributed by atoms with van der Waals surface area (Å²) in [5.41, 5.74) is 0. The van der Waals surface area contributed by atoms with E-state index in [1.807, 2.05) is 0 Å². The van der Waals surface area contributed by atoms with Crippen molar-refractivity contribution >= 4 is 68.5 Å². The number of carbonyl (C=O) groups excluding carboxylic acids is 1. The van der Waals surface area contributed by atoms with E-state index in [1.165, 1.54) is 410 Å². The first-order valence-corrected chi connectivity index (χ1v) is 38.8. The van der Waals surface area contributed by atoms with E-state index in [4.69, 9.17) is 0 Å². The molecule has 0 aromatic carbocycles. The van der Waals surface area contributed by atoms with Gasteiger partial charge in [-0.3, -0.25) is 4.79 Å². The van der Waals surface area contributed by atoms with E-state index in [-0.39, 0.29) is 86.9 Å². The first kappa shape index (κ1) is 106. The standard InChI is InChI=1S/C37H76O.C18H37Br.C18H37.C3H6O2.2CH4.BrH.2Mg.2H/c1-3-5-7-9-11-13-15-17-19-21-23-25-27-29-31-33-35-37(38)36-34-32-30-28-26-24-22-20-18-16-14-12-10-8-6-4-2;1-2-3-4-5-6-7-8-9-10-11-12-13-14-15-16-17-18-19;1-3-5-7-9-11-13-15-17-18-16-14-12-10-8-6-4-2;1-2-5-3-4;;;;;;;/h37-38H,3-36H2,1-2H3;2-18H2,1H3;1,3-18H2,2H3;3H,2H2,1H3;2*1H4;1H;;;;/q;;-1;;;;;2*+2;2*-1/p-1. The van der Waals surface area contributed by atoms with Crippen molar-refractivity contribution in [2.75, 3.05) is 11.9 Å². The maximum Gasteiger partial charge on any atom is 2.00 e. The van der Waals surface area contributed by atoms with Gasteiger partial charge in [-0.05, 0) is 26.2 Å². The number of aliphatic hydroxyl groups excluding tert-OH is 1. The molecule has 0 unspecified atom stereocenters. The summed E-state index contributed by atoms with van der Waals surface area (Å²) < 4.78 is 4.15. The van der Waals surface area contributed by atoms with Crippen molar-refractivity contribution in [1.29, 1.82) is 0 Å². The predicted molar refractivity (Wildman–Crippen MR) is 397 cm³/mol. The molecule has 514 valence electrons. The van der Waals surface area contributed by atoms with Crippen molar-refractivity contribution in [3.63, 3.8) is 0 Å². The quantitative estimate of drug-likeness (QED) is 0.0217. The molecular formula is C78H166Br2Mg2O3. The number of alkyl halides is 1. The Hall–Kier alpha value is 1.92. The van der Waals surface area contributed by atoms with Gasteiger partial charge in [-0.2, -0.15) is 6.42 Å². The SMILES string of the molecule is C.C.CCCCCCCCCCCCCCCCCCBr.CCCCCCCCCCCCCCCCCCC(O)CCCCCCCCCCCCCCCCCC.CCOC=O.[Br-].[CH2-]CCCCCCCCCCCCCCCCC.[H-].[H-].[Mg+2].[Mg+2]. The summed E-state index contributed by atoms with van der Waals surface area (Å²) in [6.07, 6.45) is 93.6. The molecule has 0 aromatic heterocycles.